The van der Waals surface area contributed by atoms with E-state index < -0.39 is 17.0 Å². The maximum absolute atomic E-state index is 12.8. The number of hydrogen-bond donors (Lipinski definition) is 2. The number of phenolic OH excluding ortho intramolecular Hbond substituents is 2. The zero-order chi connectivity index (χ0) is 39.6. The summed E-state index contributed by atoms with van der Waals surface area (Å²) in [7, 11) is 0. The van der Waals surface area contributed by atoms with E-state index in [2.05, 4.69) is 41.5 Å². The van der Waals surface area contributed by atoms with Crippen molar-refractivity contribution in [1.82, 2.24) is 0 Å². The van der Waals surface area contributed by atoms with Gasteiger partial charge in [-0.2, -0.15) is 0 Å². The molecule has 0 radical (unpaired) electrons. The van der Waals surface area contributed by atoms with Gasteiger partial charge >= 0.3 is 18.1 Å². The summed E-state index contributed by atoms with van der Waals surface area (Å²) in [4.78, 5) is 25.5. The molecule has 2 N–H and O–H groups in total. The van der Waals surface area contributed by atoms with Gasteiger partial charge in [-0.3, -0.25) is 9.59 Å². The highest BCUT2D eigenvalue weighted by Gasteiger charge is 2.50. The second-order valence-electron chi connectivity index (χ2n) is 18.6. The molecular weight excluding hydrogens is 676 g/mol. The van der Waals surface area contributed by atoms with Gasteiger partial charge < -0.3 is 38.6 Å². The molecule has 2 aliphatic heterocycles. The van der Waals surface area contributed by atoms with Gasteiger partial charge in [0.15, 0.2) is 0 Å². The first-order valence-corrected chi connectivity index (χ1v) is 19.0. The quantitative estimate of drug-likeness (QED) is 0.207. The lowest BCUT2D eigenvalue weighted by Gasteiger charge is -2.47. The second-order valence-corrected chi connectivity index (χ2v) is 18.6. The number of carbonyl (C=O) groups excluding carboxylic acids is 2. The van der Waals surface area contributed by atoms with Crippen LogP contribution in [0.5, 0.6) is 11.5 Å². The first-order valence-electron chi connectivity index (χ1n) is 19.0. The van der Waals surface area contributed by atoms with Gasteiger partial charge in [0.25, 0.3) is 0 Å². The van der Waals surface area contributed by atoms with E-state index in [9.17, 15) is 19.8 Å². The highest BCUT2D eigenvalue weighted by molar-refractivity contribution is 5.70. The topological polar surface area (TPSA) is 130 Å². The summed E-state index contributed by atoms with van der Waals surface area (Å²) < 4.78 is 35.5. The molecule has 1 spiro atoms. The van der Waals surface area contributed by atoms with Crippen molar-refractivity contribution in [2.75, 3.05) is 39.6 Å². The number of aryl methyl sites for hydroxylation is 4. The number of rotatable bonds is 12. The molecule has 0 amide bonds. The predicted octanol–water partition coefficient (Wildman–Crippen LogP) is 7.95. The molecule has 2 aromatic carbocycles. The SMILES string of the molecule is Cc1cc(CCC(=O)OCC(C)(C)C2COC3(OC2)OCC(C(C)(C)COC(=O)CCc2cc(C)c(O)c(C(C)(C)C)c2)CO3)cc(C(C)(C)C)c1O. The van der Waals surface area contributed by atoms with Crippen LogP contribution in [0.2, 0.25) is 0 Å². The Bertz CT molecular complexity index is 1470. The molecule has 0 atom stereocenters. The Kier molecular flexibility index (Phi) is 13.1. The monoisotopic (exact) mass is 740 g/mol. The lowest BCUT2D eigenvalue weighted by atomic mass is 9.79. The molecule has 0 bridgehead atoms. The van der Waals surface area contributed by atoms with Gasteiger partial charge in [-0.25, -0.2) is 0 Å². The summed E-state index contributed by atoms with van der Waals surface area (Å²) in [5, 5.41) is 21.0. The molecule has 2 saturated heterocycles. The van der Waals surface area contributed by atoms with E-state index >= 15 is 0 Å². The van der Waals surface area contributed by atoms with Crippen LogP contribution >= 0.6 is 0 Å². The number of esters is 2. The summed E-state index contributed by atoms with van der Waals surface area (Å²) in [6, 6.07) is 7.80. The van der Waals surface area contributed by atoms with Crippen LogP contribution < -0.4 is 0 Å². The Labute approximate surface area is 316 Å². The number of aromatic hydroxyl groups is 2. The highest BCUT2D eigenvalue weighted by atomic mass is 17.0. The maximum Gasteiger partial charge on any atom is 0.412 e. The minimum absolute atomic E-state index is 0.0682. The van der Waals surface area contributed by atoms with E-state index in [1.807, 2.05) is 65.8 Å². The molecule has 2 aliphatic rings. The zero-order valence-electron chi connectivity index (χ0n) is 34.2. The molecule has 2 aromatic rings. The van der Waals surface area contributed by atoms with Crippen molar-refractivity contribution in [1.29, 1.82) is 0 Å². The van der Waals surface area contributed by atoms with Crippen molar-refractivity contribution in [3.8, 4) is 11.5 Å². The number of phenols is 2. The van der Waals surface area contributed by atoms with Crippen LogP contribution in [-0.4, -0.2) is 68.0 Å². The molecule has 0 aromatic heterocycles. The van der Waals surface area contributed by atoms with Gasteiger partial charge in [-0.1, -0.05) is 93.5 Å². The Morgan fingerprint density at radius 3 is 1.25 bits per heavy atom. The van der Waals surface area contributed by atoms with Crippen LogP contribution in [0.1, 0.15) is 115 Å². The average molecular weight is 741 g/mol. The Balaban J connectivity index is 1.19. The summed E-state index contributed by atoms with van der Waals surface area (Å²) in [5.74, 6) is -0.0902. The van der Waals surface area contributed by atoms with Gasteiger partial charge in [0.05, 0.1) is 39.6 Å². The highest BCUT2D eigenvalue weighted by Crippen LogP contribution is 2.40. The number of benzene rings is 2. The van der Waals surface area contributed by atoms with Crippen molar-refractivity contribution in [3.05, 3.63) is 57.6 Å². The van der Waals surface area contributed by atoms with Gasteiger partial charge in [0, 0.05) is 35.5 Å². The van der Waals surface area contributed by atoms with Crippen LogP contribution in [0.15, 0.2) is 24.3 Å². The molecule has 0 saturated carbocycles. The summed E-state index contributed by atoms with van der Waals surface area (Å²) in [5.41, 5.74) is 4.04. The molecule has 53 heavy (non-hydrogen) atoms. The minimum Gasteiger partial charge on any atom is -0.507 e. The average Bonchev–Trinajstić information content (AvgIpc) is 3.06. The third kappa shape index (κ3) is 11.0. The standard InChI is InChI=1S/C43H64O10/c1-27-17-29(19-33(37(27)46)39(3,4)5)13-15-35(44)48-25-41(9,10)31-21-50-43(51-22-31)52-23-32(24-53-43)42(11,12)26-49-36(45)16-14-30-18-28(2)38(47)34(20-30)40(6,7)8/h17-20,31-32,46-47H,13-16,21-26H2,1-12H3. The first kappa shape index (κ1) is 42.6. The molecule has 10 heteroatoms. The smallest absolute Gasteiger partial charge is 0.412 e. The van der Waals surface area contributed by atoms with E-state index in [1.54, 1.807) is 0 Å². The van der Waals surface area contributed by atoms with E-state index in [4.69, 9.17) is 28.4 Å². The molecule has 296 valence electrons. The van der Waals surface area contributed by atoms with Crippen LogP contribution in [0.25, 0.3) is 0 Å². The molecule has 0 unspecified atom stereocenters. The Hall–Kier alpha value is -3.18. The van der Waals surface area contributed by atoms with E-state index in [1.165, 1.54) is 0 Å². The fourth-order valence-electron chi connectivity index (χ4n) is 6.61. The molecule has 0 aliphatic carbocycles. The fraction of sp³-hybridized carbons (Fsp3) is 0.674. The Morgan fingerprint density at radius 2 is 0.943 bits per heavy atom. The number of hydrogen-bond acceptors (Lipinski definition) is 10. The lowest BCUT2D eigenvalue weighted by Crippen LogP contribution is -2.56. The third-order valence-corrected chi connectivity index (χ3v) is 10.8. The van der Waals surface area contributed by atoms with Crippen LogP contribution in [0.4, 0.5) is 0 Å². The fourth-order valence-corrected chi connectivity index (χ4v) is 6.61. The zero-order valence-corrected chi connectivity index (χ0v) is 34.2. The van der Waals surface area contributed by atoms with E-state index in [0.29, 0.717) is 50.8 Å². The first-order chi connectivity index (χ1) is 24.4. The molecule has 2 fully saturated rings. The molecule has 10 nitrogen and oxygen atoms in total. The minimum atomic E-state index is -1.59. The number of ether oxygens (including phenoxy) is 6. The van der Waals surface area contributed by atoms with Crippen molar-refractivity contribution < 1.29 is 48.2 Å². The van der Waals surface area contributed by atoms with E-state index in [-0.39, 0.29) is 60.7 Å². The van der Waals surface area contributed by atoms with Crippen molar-refractivity contribution >= 4 is 11.9 Å². The summed E-state index contributed by atoms with van der Waals surface area (Å²) >= 11 is 0. The van der Waals surface area contributed by atoms with E-state index in [0.717, 1.165) is 33.4 Å². The normalized spacial score (nSPS) is 21.4. The number of carbonyl (C=O) groups is 2. The largest absolute Gasteiger partial charge is 0.507 e. The molecule has 2 heterocycles. The third-order valence-electron chi connectivity index (χ3n) is 10.8. The molecular formula is C43H64O10. The van der Waals surface area contributed by atoms with Crippen molar-refractivity contribution in [2.45, 2.75) is 126 Å². The Morgan fingerprint density at radius 1 is 0.623 bits per heavy atom. The lowest BCUT2D eigenvalue weighted by molar-refractivity contribution is -0.539. The van der Waals surface area contributed by atoms with Crippen molar-refractivity contribution in [2.24, 2.45) is 22.7 Å². The van der Waals surface area contributed by atoms with Gasteiger partial charge in [0.1, 0.15) is 11.5 Å². The summed E-state index contributed by atoms with van der Waals surface area (Å²) in [6.07, 6.45) is -0.0669. The second kappa shape index (κ2) is 16.3. The maximum atomic E-state index is 12.8. The molecule has 4 rings (SSSR count). The predicted molar refractivity (Wildman–Crippen MR) is 203 cm³/mol. The van der Waals surface area contributed by atoms with Crippen LogP contribution in [0.3, 0.4) is 0 Å². The van der Waals surface area contributed by atoms with Crippen LogP contribution in [0, 0.1) is 36.5 Å². The van der Waals surface area contributed by atoms with Crippen LogP contribution in [-0.2, 0) is 61.7 Å². The van der Waals surface area contributed by atoms with Crippen molar-refractivity contribution in [3.63, 3.8) is 0 Å². The van der Waals surface area contributed by atoms with Gasteiger partial charge in [-0.15, -0.1) is 0 Å². The van der Waals surface area contributed by atoms with Gasteiger partial charge in [0.2, 0.25) is 0 Å². The summed E-state index contributed by atoms with van der Waals surface area (Å²) in [6.45, 7) is 25.8. The van der Waals surface area contributed by atoms with Gasteiger partial charge in [-0.05, 0) is 70.9 Å².